The zero-order valence-electron chi connectivity index (χ0n) is 11.4. The molecule has 1 saturated heterocycles. The maximum absolute atomic E-state index is 12.1. The van der Waals surface area contributed by atoms with Crippen molar-refractivity contribution in [3.8, 4) is 0 Å². The molecule has 2 atom stereocenters. The molecule has 2 rings (SSSR count). The summed E-state index contributed by atoms with van der Waals surface area (Å²) in [6.07, 6.45) is 2.91. The zero-order valence-corrected chi connectivity index (χ0v) is 11.4. The number of carboxylic acids is 1. The van der Waals surface area contributed by atoms with Crippen LogP contribution in [0.5, 0.6) is 0 Å². The van der Waals surface area contributed by atoms with E-state index in [0.717, 1.165) is 0 Å². The van der Waals surface area contributed by atoms with Crippen molar-refractivity contribution in [3.05, 3.63) is 12.4 Å². The fourth-order valence-corrected chi connectivity index (χ4v) is 2.20. The third-order valence-electron chi connectivity index (χ3n) is 2.89. The Labute approximate surface area is 116 Å². The van der Waals surface area contributed by atoms with Crippen LogP contribution in [-0.4, -0.2) is 57.1 Å². The molecule has 0 radical (unpaired) electrons. The first-order valence-electron chi connectivity index (χ1n) is 6.39. The number of carboxylic acid groups (broad SMARTS) is 1. The summed E-state index contributed by atoms with van der Waals surface area (Å²) in [6.45, 7) is 4.65. The molecule has 1 aliphatic heterocycles. The summed E-state index contributed by atoms with van der Waals surface area (Å²) in [6, 6.07) is -0.234. The monoisotopic (exact) mass is 282 g/mol. The van der Waals surface area contributed by atoms with E-state index >= 15 is 0 Å². The van der Waals surface area contributed by atoms with Crippen LogP contribution in [0.2, 0.25) is 0 Å². The Kier molecular flexibility index (Phi) is 4.23. The molecule has 1 aromatic heterocycles. The predicted molar refractivity (Wildman–Crippen MR) is 70.5 cm³/mol. The molecule has 0 spiro atoms. The highest BCUT2D eigenvalue weighted by Crippen LogP contribution is 2.13. The molecule has 20 heavy (non-hydrogen) atoms. The van der Waals surface area contributed by atoms with E-state index in [1.807, 2.05) is 13.8 Å². The minimum Gasteiger partial charge on any atom is -0.480 e. The van der Waals surface area contributed by atoms with Crippen LogP contribution in [-0.2, 0) is 16.1 Å². The van der Waals surface area contributed by atoms with Gasteiger partial charge in [-0.1, -0.05) is 0 Å². The molecule has 0 unspecified atom stereocenters. The van der Waals surface area contributed by atoms with Crippen molar-refractivity contribution in [1.29, 1.82) is 0 Å². The third-order valence-corrected chi connectivity index (χ3v) is 2.89. The number of ether oxygens (including phenoxy) is 1. The Morgan fingerprint density at radius 2 is 2.10 bits per heavy atom. The lowest BCUT2D eigenvalue weighted by molar-refractivity contribution is -0.137. The molecule has 0 saturated carbocycles. The minimum absolute atomic E-state index is 0.000710. The second-order valence-electron chi connectivity index (χ2n) is 4.91. The minimum atomic E-state index is -0.984. The van der Waals surface area contributed by atoms with E-state index in [9.17, 15) is 9.59 Å². The third kappa shape index (κ3) is 3.70. The van der Waals surface area contributed by atoms with Gasteiger partial charge < -0.3 is 20.1 Å². The predicted octanol–water partition coefficient (Wildman–Crippen LogP) is 0.609. The van der Waals surface area contributed by atoms with Gasteiger partial charge in [-0.15, -0.1) is 0 Å². The van der Waals surface area contributed by atoms with Gasteiger partial charge in [-0.2, -0.15) is 5.10 Å². The standard InChI is InChI=1S/C12H18N4O4/c1-8-4-15(5-9(2)20-8)12(19)14-10-3-13-16(6-10)7-11(17)18/h3,6,8-9H,4-5,7H2,1-2H3,(H,14,19)(H,17,18)/t8-,9+. The lowest BCUT2D eigenvalue weighted by Crippen LogP contribution is -2.49. The second-order valence-corrected chi connectivity index (χ2v) is 4.91. The van der Waals surface area contributed by atoms with Crippen molar-refractivity contribution in [3.63, 3.8) is 0 Å². The van der Waals surface area contributed by atoms with E-state index in [4.69, 9.17) is 9.84 Å². The Bertz CT molecular complexity index is 491. The van der Waals surface area contributed by atoms with Crippen LogP contribution in [0.3, 0.4) is 0 Å². The zero-order chi connectivity index (χ0) is 14.7. The Balaban J connectivity index is 1.93. The van der Waals surface area contributed by atoms with Crippen molar-refractivity contribution in [2.24, 2.45) is 0 Å². The van der Waals surface area contributed by atoms with Crippen LogP contribution in [0, 0.1) is 0 Å². The van der Waals surface area contributed by atoms with Gasteiger partial charge in [-0.05, 0) is 13.8 Å². The molecule has 1 fully saturated rings. The van der Waals surface area contributed by atoms with E-state index in [1.165, 1.54) is 17.1 Å². The Morgan fingerprint density at radius 3 is 2.70 bits per heavy atom. The lowest BCUT2D eigenvalue weighted by atomic mass is 10.2. The first kappa shape index (κ1) is 14.3. The number of aromatic nitrogens is 2. The van der Waals surface area contributed by atoms with Gasteiger partial charge in [0.1, 0.15) is 6.54 Å². The number of carbonyl (C=O) groups excluding carboxylic acids is 1. The van der Waals surface area contributed by atoms with E-state index in [1.54, 1.807) is 4.90 Å². The molecule has 1 aromatic rings. The van der Waals surface area contributed by atoms with Crippen molar-refractivity contribution in [2.75, 3.05) is 18.4 Å². The highest BCUT2D eigenvalue weighted by atomic mass is 16.5. The molecule has 1 aliphatic rings. The maximum Gasteiger partial charge on any atom is 0.325 e. The first-order chi connectivity index (χ1) is 9.44. The number of aliphatic carboxylic acids is 1. The molecule has 0 aliphatic carbocycles. The number of morpholine rings is 1. The highest BCUT2D eigenvalue weighted by Gasteiger charge is 2.26. The van der Waals surface area contributed by atoms with Crippen LogP contribution < -0.4 is 5.32 Å². The van der Waals surface area contributed by atoms with Crippen molar-refractivity contribution >= 4 is 17.7 Å². The number of anilines is 1. The van der Waals surface area contributed by atoms with Crippen LogP contribution in [0.15, 0.2) is 12.4 Å². The topological polar surface area (TPSA) is 96.7 Å². The summed E-state index contributed by atoms with van der Waals surface area (Å²) in [5.41, 5.74) is 0.475. The normalized spacial score (nSPS) is 22.6. The number of amides is 2. The largest absolute Gasteiger partial charge is 0.480 e. The first-order valence-corrected chi connectivity index (χ1v) is 6.39. The average Bonchev–Trinajstić information content (AvgIpc) is 2.74. The summed E-state index contributed by atoms with van der Waals surface area (Å²) in [5.74, 6) is -0.984. The number of rotatable bonds is 3. The number of carbonyl (C=O) groups is 2. The molecule has 2 heterocycles. The van der Waals surface area contributed by atoms with E-state index in [2.05, 4.69) is 10.4 Å². The van der Waals surface area contributed by atoms with Gasteiger partial charge in [-0.3, -0.25) is 9.48 Å². The summed E-state index contributed by atoms with van der Waals surface area (Å²) >= 11 is 0. The quantitative estimate of drug-likeness (QED) is 0.846. The number of hydrogen-bond acceptors (Lipinski definition) is 4. The fraction of sp³-hybridized carbons (Fsp3) is 0.583. The molecule has 2 amide bonds. The molecular weight excluding hydrogens is 264 g/mol. The second kappa shape index (κ2) is 5.91. The summed E-state index contributed by atoms with van der Waals surface area (Å²) < 4.78 is 6.81. The van der Waals surface area contributed by atoms with Crippen LogP contribution in [0.25, 0.3) is 0 Å². The smallest absolute Gasteiger partial charge is 0.325 e. The van der Waals surface area contributed by atoms with Gasteiger partial charge >= 0.3 is 12.0 Å². The van der Waals surface area contributed by atoms with Crippen molar-refractivity contribution in [1.82, 2.24) is 14.7 Å². The molecular formula is C12H18N4O4. The molecule has 8 nitrogen and oxygen atoms in total. The molecule has 0 bridgehead atoms. The van der Waals surface area contributed by atoms with Crippen LogP contribution >= 0.6 is 0 Å². The number of urea groups is 1. The number of nitrogens with zero attached hydrogens (tertiary/aromatic N) is 3. The van der Waals surface area contributed by atoms with E-state index in [0.29, 0.717) is 18.8 Å². The molecule has 2 N–H and O–H groups in total. The van der Waals surface area contributed by atoms with E-state index < -0.39 is 5.97 Å². The van der Waals surface area contributed by atoms with Gasteiger partial charge in [0.15, 0.2) is 0 Å². The Morgan fingerprint density at radius 1 is 1.45 bits per heavy atom. The van der Waals surface area contributed by atoms with Crippen LogP contribution in [0.4, 0.5) is 10.5 Å². The van der Waals surface area contributed by atoms with Crippen molar-refractivity contribution < 1.29 is 19.4 Å². The number of nitrogens with one attached hydrogen (secondary N) is 1. The fourth-order valence-electron chi connectivity index (χ4n) is 2.20. The van der Waals surface area contributed by atoms with Gasteiger partial charge in [0.2, 0.25) is 0 Å². The van der Waals surface area contributed by atoms with Gasteiger partial charge in [-0.25, -0.2) is 4.79 Å². The van der Waals surface area contributed by atoms with Crippen LogP contribution in [0.1, 0.15) is 13.8 Å². The SMILES string of the molecule is C[C@@H]1CN(C(=O)Nc2cnn(CC(=O)O)c2)C[C@H](C)O1. The van der Waals surface area contributed by atoms with E-state index in [-0.39, 0.29) is 24.8 Å². The average molecular weight is 282 g/mol. The van der Waals surface area contributed by atoms with Crippen molar-refractivity contribution in [2.45, 2.75) is 32.6 Å². The number of hydrogen-bond donors (Lipinski definition) is 2. The Hall–Kier alpha value is -2.09. The highest BCUT2D eigenvalue weighted by molar-refractivity contribution is 5.89. The maximum atomic E-state index is 12.1. The van der Waals surface area contributed by atoms with Gasteiger partial charge in [0, 0.05) is 19.3 Å². The van der Waals surface area contributed by atoms with Gasteiger partial charge in [0.05, 0.1) is 24.1 Å². The lowest BCUT2D eigenvalue weighted by Gasteiger charge is -2.35. The van der Waals surface area contributed by atoms with Gasteiger partial charge in [0.25, 0.3) is 0 Å². The molecule has 110 valence electrons. The summed E-state index contributed by atoms with van der Waals surface area (Å²) in [5, 5.41) is 15.2. The molecule has 0 aromatic carbocycles. The molecule has 8 heteroatoms. The summed E-state index contributed by atoms with van der Waals surface area (Å²) in [7, 11) is 0. The summed E-state index contributed by atoms with van der Waals surface area (Å²) in [4.78, 5) is 24.3.